The summed E-state index contributed by atoms with van der Waals surface area (Å²) >= 11 is 11.9. The van der Waals surface area contributed by atoms with E-state index in [-0.39, 0.29) is 12.5 Å². The second-order valence-corrected chi connectivity index (χ2v) is 9.92. The molecule has 0 radical (unpaired) electrons. The number of carbonyl (C=O) groups excluding carboxylic acids is 2. The molecule has 2 amide bonds. The van der Waals surface area contributed by atoms with Crippen molar-refractivity contribution in [1.29, 1.82) is 0 Å². The normalized spacial score (nSPS) is 12.2. The van der Waals surface area contributed by atoms with Crippen LogP contribution in [0.2, 0.25) is 10.0 Å². The number of likely N-dealkylation sites (N-methyl/N-ethyl adjacent to an activating group) is 1. The summed E-state index contributed by atoms with van der Waals surface area (Å²) in [6.07, 6.45) is 1.03. The number of sulfonamides is 1. The van der Waals surface area contributed by atoms with E-state index in [0.29, 0.717) is 21.3 Å². The molecule has 10 heteroatoms. The summed E-state index contributed by atoms with van der Waals surface area (Å²) in [7, 11) is -2.31. The monoisotopic (exact) mass is 485 g/mol. The van der Waals surface area contributed by atoms with Gasteiger partial charge in [0.05, 0.1) is 11.9 Å². The van der Waals surface area contributed by atoms with Gasteiger partial charge in [-0.05, 0) is 55.3 Å². The third-order valence-electron chi connectivity index (χ3n) is 4.79. The summed E-state index contributed by atoms with van der Waals surface area (Å²) in [6.45, 7) is 2.95. The summed E-state index contributed by atoms with van der Waals surface area (Å²) < 4.78 is 26.0. The van der Waals surface area contributed by atoms with Crippen LogP contribution in [0.15, 0.2) is 42.5 Å². The Labute approximate surface area is 193 Å². The van der Waals surface area contributed by atoms with E-state index in [2.05, 4.69) is 5.32 Å². The van der Waals surface area contributed by atoms with Gasteiger partial charge in [-0.1, -0.05) is 35.3 Å². The Balaban J connectivity index is 2.40. The molecule has 1 atom stereocenters. The number of benzene rings is 2. The zero-order chi connectivity index (χ0) is 23.3. The summed E-state index contributed by atoms with van der Waals surface area (Å²) in [4.78, 5) is 26.9. The number of aryl methyl sites for hydroxylation is 1. The van der Waals surface area contributed by atoms with Crippen LogP contribution in [-0.2, 0) is 26.2 Å². The first kappa shape index (κ1) is 25.0. The van der Waals surface area contributed by atoms with E-state index in [1.165, 1.54) is 11.9 Å². The van der Waals surface area contributed by atoms with Crippen molar-refractivity contribution in [2.75, 3.05) is 24.2 Å². The van der Waals surface area contributed by atoms with E-state index in [9.17, 15) is 18.0 Å². The Kier molecular flexibility index (Phi) is 8.34. The Hall–Kier alpha value is -2.29. The molecule has 0 heterocycles. The van der Waals surface area contributed by atoms with Crippen molar-refractivity contribution in [3.8, 4) is 0 Å². The average Bonchev–Trinajstić information content (AvgIpc) is 2.70. The predicted molar refractivity (Wildman–Crippen MR) is 124 cm³/mol. The number of hydrogen-bond acceptors (Lipinski definition) is 4. The lowest BCUT2D eigenvalue weighted by atomic mass is 10.1. The largest absolute Gasteiger partial charge is 0.357 e. The van der Waals surface area contributed by atoms with Gasteiger partial charge in [0, 0.05) is 23.6 Å². The lowest BCUT2D eigenvalue weighted by molar-refractivity contribution is -0.139. The van der Waals surface area contributed by atoms with Crippen LogP contribution in [0.25, 0.3) is 0 Å². The molecule has 31 heavy (non-hydrogen) atoms. The zero-order valence-electron chi connectivity index (χ0n) is 17.7. The minimum Gasteiger partial charge on any atom is -0.357 e. The zero-order valence-corrected chi connectivity index (χ0v) is 20.1. The van der Waals surface area contributed by atoms with E-state index in [4.69, 9.17) is 23.2 Å². The third kappa shape index (κ3) is 6.59. The molecule has 0 aliphatic carbocycles. The Bertz CT molecular complexity index is 1060. The molecule has 1 N–H and O–H groups in total. The van der Waals surface area contributed by atoms with Crippen LogP contribution in [0, 0.1) is 6.92 Å². The van der Waals surface area contributed by atoms with E-state index >= 15 is 0 Å². The number of carbonyl (C=O) groups is 2. The van der Waals surface area contributed by atoms with E-state index in [1.807, 2.05) is 0 Å². The van der Waals surface area contributed by atoms with E-state index in [1.54, 1.807) is 56.3 Å². The van der Waals surface area contributed by atoms with Crippen molar-refractivity contribution in [3.05, 3.63) is 63.6 Å². The van der Waals surface area contributed by atoms with E-state index in [0.717, 1.165) is 16.1 Å². The molecule has 0 saturated carbocycles. The molecule has 2 aromatic carbocycles. The quantitative estimate of drug-likeness (QED) is 0.621. The topological polar surface area (TPSA) is 86.8 Å². The number of nitrogens with one attached hydrogen (secondary N) is 1. The first-order valence-electron chi connectivity index (χ1n) is 9.43. The highest BCUT2D eigenvalue weighted by Crippen LogP contribution is 2.26. The van der Waals surface area contributed by atoms with Crippen LogP contribution >= 0.6 is 23.2 Å². The fourth-order valence-corrected chi connectivity index (χ4v) is 4.33. The second kappa shape index (κ2) is 10.3. The van der Waals surface area contributed by atoms with Crippen LogP contribution in [-0.4, -0.2) is 51.0 Å². The van der Waals surface area contributed by atoms with Crippen LogP contribution in [0.3, 0.4) is 0 Å². The van der Waals surface area contributed by atoms with Crippen molar-refractivity contribution in [2.24, 2.45) is 0 Å². The predicted octanol–water partition coefficient (Wildman–Crippen LogP) is 3.23. The molecule has 0 bridgehead atoms. The van der Waals surface area contributed by atoms with Gasteiger partial charge >= 0.3 is 0 Å². The molecule has 0 aromatic heterocycles. The van der Waals surface area contributed by atoms with Crippen molar-refractivity contribution < 1.29 is 18.0 Å². The lowest BCUT2D eigenvalue weighted by Crippen LogP contribution is -2.50. The highest BCUT2D eigenvalue weighted by molar-refractivity contribution is 7.92. The molecule has 7 nitrogen and oxygen atoms in total. The molecular formula is C21H25Cl2N3O4S. The van der Waals surface area contributed by atoms with Gasteiger partial charge in [0.15, 0.2) is 0 Å². The SMILES string of the molecule is CNC(=O)[C@H](C)N(Cc1ccc(Cl)cc1)C(=O)CN(c1ccc(Cl)cc1C)S(C)(=O)=O. The molecule has 0 unspecified atom stereocenters. The lowest BCUT2D eigenvalue weighted by Gasteiger charge is -2.31. The third-order valence-corrected chi connectivity index (χ3v) is 6.40. The number of anilines is 1. The van der Waals surface area contributed by atoms with Gasteiger partial charge < -0.3 is 10.2 Å². The summed E-state index contributed by atoms with van der Waals surface area (Å²) in [6, 6.07) is 10.8. The van der Waals surface area contributed by atoms with Crippen molar-refractivity contribution >= 4 is 50.7 Å². The smallest absolute Gasteiger partial charge is 0.244 e. The highest BCUT2D eigenvalue weighted by Gasteiger charge is 2.30. The Morgan fingerprint density at radius 1 is 1.06 bits per heavy atom. The summed E-state index contributed by atoms with van der Waals surface area (Å²) in [5.74, 6) is -0.887. The van der Waals surface area contributed by atoms with Gasteiger partial charge in [0.25, 0.3) is 0 Å². The number of hydrogen-bond donors (Lipinski definition) is 1. The van der Waals surface area contributed by atoms with E-state index < -0.39 is 28.5 Å². The van der Waals surface area contributed by atoms with Gasteiger partial charge in [-0.3, -0.25) is 13.9 Å². The highest BCUT2D eigenvalue weighted by atomic mass is 35.5. The van der Waals surface area contributed by atoms with Gasteiger partial charge in [0.1, 0.15) is 12.6 Å². The van der Waals surface area contributed by atoms with Gasteiger partial charge in [-0.25, -0.2) is 8.42 Å². The van der Waals surface area contributed by atoms with Crippen LogP contribution in [0.5, 0.6) is 0 Å². The maximum Gasteiger partial charge on any atom is 0.244 e. The summed E-state index contributed by atoms with van der Waals surface area (Å²) in [5, 5.41) is 3.53. The average molecular weight is 486 g/mol. The van der Waals surface area contributed by atoms with Gasteiger partial charge in [-0.15, -0.1) is 0 Å². The molecule has 168 valence electrons. The van der Waals surface area contributed by atoms with Crippen molar-refractivity contribution in [2.45, 2.75) is 26.4 Å². The van der Waals surface area contributed by atoms with Crippen molar-refractivity contribution in [3.63, 3.8) is 0 Å². The molecular weight excluding hydrogens is 461 g/mol. The molecule has 0 aliphatic rings. The van der Waals surface area contributed by atoms with Crippen LogP contribution < -0.4 is 9.62 Å². The number of halogens is 2. The van der Waals surface area contributed by atoms with Gasteiger partial charge in [-0.2, -0.15) is 0 Å². The standard InChI is InChI=1S/C21H25Cl2N3O4S/c1-14-11-18(23)9-10-19(14)26(31(4,29)30)13-20(27)25(15(2)21(28)24-3)12-16-5-7-17(22)8-6-16/h5-11,15H,12-13H2,1-4H3,(H,24,28)/t15-/m0/s1. The number of nitrogens with zero attached hydrogens (tertiary/aromatic N) is 2. The maximum absolute atomic E-state index is 13.3. The fraction of sp³-hybridized carbons (Fsp3) is 0.333. The van der Waals surface area contributed by atoms with Crippen LogP contribution in [0.1, 0.15) is 18.1 Å². The molecule has 0 fully saturated rings. The minimum atomic E-state index is -3.79. The van der Waals surface area contributed by atoms with Crippen molar-refractivity contribution in [1.82, 2.24) is 10.2 Å². The molecule has 2 rings (SSSR count). The van der Waals surface area contributed by atoms with Gasteiger partial charge in [0.2, 0.25) is 21.8 Å². The molecule has 0 saturated heterocycles. The molecule has 2 aromatic rings. The second-order valence-electron chi connectivity index (χ2n) is 7.14. The Morgan fingerprint density at radius 3 is 2.16 bits per heavy atom. The first-order chi connectivity index (χ1) is 14.4. The maximum atomic E-state index is 13.3. The number of amides is 2. The van der Waals surface area contributed by atoms with Crippen LogP contribution in [0.4, 0.5) is 5.69 Å². The molecule has 0 spiro atoms. The fourth-order valence-electron chi connectivity index (χ4n) is 3.07. The minimum absolute atomic E-state index is 0.113. The molecule has 0 aliphatic heterocycles. The number of rotatable bonds is 8. The summed E-state index contributed by atoms with van der Waals surface area (Å²) in [5.41, 5.74) is 1.70. The first-order valence-corrected chi connectivity index (χ1v) is 12.0. The Morgan fingerprint density at radius 2 is 1.65 bits per heavy atom.